The van der Waals surface area contributed by atoms with Crippen LogP contribution in [0.4, 0.5) is 0 Å². The SMILES string of the molecule is C/C=C(/C=C\C=C=CCC)OCC(=C(C)C)N(C)CCC. The van der Waals surface area contributed by atoms with E-state index in [0.29, 0.717) is 6.61 Å². The summed E-state index contributed by atoms with van der Waals surface area (Å²) >= 11 is 0. The van der Waals surface area contributed by atoms with Crippen LogP contribution in [-0.2, 0) is 4.74 Å². The van der Waals surface area contributed by atoms with Crippen molar-refractivity contribution in [1.82, 2.24) is 4.90 Å². The average molecular weight is 289 g/mol. The molecule has 0 rings (SSSR count). The van der Waals surface area contributed by atoms with Crippen LogP contribution < -0.4 is 0 Å². The second-order valence-corrected chi connectivity index (χ2v) is 5.15. The zero-order valence-corrected chi connectivity index (χ0v) is 14.6. The van der Waals surface area contributed by atoms with Crippen LogP contribution >= 0.6 is 0 Å². The quantitative estimate of drug-likeness (QED) is 0.328. The first-order chi connectivity index (χ1) is 10.1. The van der Waals surface area contributed by atoms with Crippen molar-refractivity contribution in [3.05, 3.63) is 53.1 Å². The highest BCUT2D eigenvalue weighted by Gasteiger charge is 2.06. The Labute approximate surface area is 131 Å². The lowest BCUT2D eigenvalue weighted by molar-refractivity contribution is 0.217. The fourth-order valence-corrected chi connectivity index (χ4v) is 1.87. The second kappa shape index (κ2) is 12.1. The molecule has 0 amide bonds. The number of hydrogen-bond acceptors (Lipinski definition) is 2. The van der Waals surface area contributed by atoms with Gasteiger partial charge in [-0.05, 0) is 57.9 Å². The van der Waals surface area contributed by atoms with Crippen LogP contribution in [0.2, 0.25) is 0 Å². The summed E-state index contributed by atoms with van der Waals surface area (Å²) in [5.74, 6) is 0.883. The molecule has 2 heteroatoms. The summed E-state index contributed by atoms with van der Waals surface area (Å²) in [7, 11) is 2.12. The Morgan fingerprint density at radius 3 is 2.48 bits per heavy atom. The van der Waals surface area contributed by atoms with E-state index in [9.17, 15) is 0 Å². The van der Waals surface area contributed by atoms with Gasteiger partial charge >= 0.3 is 0 Å². The van der Waals surface area contributed by atoms with E-state index >= 15 is 0 Å². The van der Waals surface area contributed by atoms with Crippen molar-refractivity contribution >= 4 is 0 Å². The fourth-order valence-electron chi connectivity index (χ4n) is 1.87. The summed E-state index contributed by atoms with van der Waals surface area (Å²) in [6, 6.07) is 0. The molecule has 0 aromatic carbocycles. The largest absolute Gasteiger partial charge is 0.488 e. The summed E-state index contributed by atoms with van der Waals surface area (Å²) in [4.78, 5) is 2.27. The molecule has 0 N–H and O–H groups in total. The number of ether oxygens (including phenoxy) is 1. The topological polar surface area (TPSA) is 12.5 Å². The van der Waals surface area contributed by atoms with Crippen molar-refractivity contribution < 1.29 is 4.74 Å². The molecule has 0 atom stereocenters. The monoisotopic (exact) mass is 289 g/mol. The molecule has 0 saturated heterocycles. The van der Waals surface area contributed by atoms with Crippen LogP contribution in [0, 0.1) is 0 Å². The first kappa shape index (κ1) is 19.3. The Morgan fingerprint density at radius 2 is 1.95 bits per heavy atom. The Balaban J connectivity index is 4.64. The van der Waals surface area contributed by atoms with E-state index in [1.54, 1.807) is 0 Å². The lowest BCUT2D eigenvalue weighted by Crippen LogP contribution is -2.23. The standard InChI is InChI=1S/C19H31NO/c1-7-10-11-12-13-14-18(9-3)21-16-19(17(4)5)20(6)15-8-2/h9-10,12-14H,7-8,15-16H2,1-6H3/b14-13-,18-9-. The maximum absolute atomic E-state index is 5.91. The van der Waals surface area contributed by atoms with E-state index < -0.39 is 0 Å². The maximum atomic E-state index is 5.91. The molecule has 0 unspecified atom stereocenters. The Kier molecular flexibility index (Phi) is 11.2. The Bertz CT molecular complexity index is 430. The van der Waals surface area contributed by atoms with Crippen molar-refractivity contribution in [1.29, 1.82) is 0 Å². The minimum Gasteiger partial charge on any atom is -0.488 e. The molecule has 0 spiro atoms. The second-order valence-electron chi connectivity index (χ2n) is 5.15. The van der Waals surface area contributed by atoms with Gasteiger partial charge in [-0.1, -0.05) is 25.5 Å². The molecule has 0 aliphatic rings. The lowest BCUT2D eigenvalue weighted by atomic mass is 10.2. The van der Waals surface area contributed by atoms with E-state index in [4.69, 9.17) is 4.74 Å². The molecule has 0 fully saturated rings. The van der Waals surface area contributed by atoms with Gasteiger partial charge in [0, 0.05) is 19.3 Å². The van der Waals surface area contributed by atoms with Crippen molar-refractivity contribution in [2.75, 3.05) is 20.2 Å². The predicted molar refractivity (Wildman–Crippen MR) is 93.1 cm³/mol. The third-order valence-electron chi connectivity index (χ3n) is 3.03. The van der Waals surface area contributed by atoms with Crippen LogP contribution in [0.3, 0.4) is 0 Å². The molecule has 21 heavy (non-hydrogen) atoms. The van der Waals surface area contributed by atoms with Crippen LogP contribution in [0.1, 0.15) is 47.5 Å². The number of hydrogen-bond donors (Lipinski definition) is 0. The van der Waals surface area contributed by atoms with Crippen LogP contribution in [0.25, 0.3) is 0 Å². The van der Waals surface area contributed by atoms with Gasteiger partial charge in [0.2, 0.25) is 0 Å². The van der Waals surface area contributed by atoms with Gasteiger partial charge in [-0.3, -0.25) is 0 Å². The molecule has 0 saturated carbocycles. The lowest BCUT2D eigenvalue weighted by Gasteiger charge is -2.24. The summed E-state index contributed by atoms with van der Waals surface area (Å²) in [6.45, 7) is 12.2. The molecule has 118 valence electrons. The summed E-state index contributed by atoms with van der Waals surface area (Å²) < 4.78 is 5.91. The van der Waals surface area contributed by atoms with Gasteiger partial charge in [0.25, 0.3) is 0 Å². The molecular weight excluding hydrogens is 258 g/mol. The van der Waals surface area contributed by atoms with Gasteiger partial charge in [-0.15, -0.1) is 5.73 Å². The van der Waals surface area contributed by atoms with Gasteiger partial charge < -0.3 is 9.64 Å². The van der Waals surface area contributed by atoms with Gasteiger partial charge in [0.15, 0.2) is 0 Å². The number of rotatable bonds is 9. The first-order valence-electron chi connectivity index (χ1n) is 7.80. The van der Waals surface area contributed by atoms with Crippen LogP contribution in [0.15, 0.2) is 53.1 Å². The van der Waals surface area contributed by atoms with E-state index in [-0.39, 0.29) is 0 Å². The van der Waals surface area contributed by atoms with Crippen molar-refractivity contribution in [2.45, 2.75) is 47.5 Å². The smallest absolute Gasteiger partial charge is 0.128 e. The summed E-state index contributed by atoms with van der Waals surface area (Å²) in [5, 5.41) is 0. The minimum absolute atomic E-state index is 0.608. The average Bonchev–Trinajstić information content (AvgIpc) is 2.45. The van der Waals surface area contributed by atoms with E-state index in [0.717, 1.165) is 25.1 Å². The Hall–Kier alpha value is -1.66. The zero-order chi connectivity index (χ0) is 16.1. The maximum Gasteiger partial charge on any atom is 0.128 e. The molecular formula is C19H31NO. The highest BCUT2D eigenvalue weighted by atomic mass is 16.5. The van der Waals surface area contributed by atoms with Crippen LogP contribution in [0.5, 0.6) is 0 Å². The van der Waals surface area contributed by atoms with Gasteiger partial charge in [0.05, 0.1) is 0 Å². The predicted octanol–water partition coefficient (Wildman–Crippen LogP) is 5.22. The molecule has 0 bridgehead atoms. The van der Waals surface area contributed by atoms with Crippen molar-refractivity contribution in [3.8, 4) is 0 Å². The minimum atomic E-state index is 0.608. The third-order valence-corrected chi connectivity index (χ3v) is 3.03. The van der Waals surface area contributed by atoms with E-state index in [2.05, 4.69) is 45.4 Å². The summed E-state index contributed by atoms with van der Waals surface area (Å²) in [5.41, 5.74) is 5.65. The molecule has 0 radical (unpaired) electrons. The number of likely N-dealkylation sites (N-methyl/N-ethyl adjacent to an activating group) is 1. The summed E-state index contributed by atoms with van der Waals surface area (Å²) in [6.07, 6.45) is 12.0. The molecule has 0 aliphatic carbocycles. The molecule has 0 heterocycles. The van der Waals surface area contributed by atoms with Crippen LogP contribution in [-0.4, -0.2) is 25.1 Å². The van der Waals surface area contributed by atoms with E-state index in [1.165, 1.54) is 11.3 Å². The molecule has 0 aromatic rings. The zero-order valence-electron chi connectivity index (χ0n) is 14.6. The third kappa shape index (κ3) is 8.99. The molecule has 0 aliphatic heterocycles. The first-order valence-corrected chi connectivity index (χ1v) is 7.80. The van der Waals surface area contributed by atoms with Crippen molar-refractivity contribution in [3.63, 3.8) is 0 Å². The van der Waals surface area contributed by atoms with Crippen molar-refractivity contribution in [2.24, 2.45) is 0 Å². The van der Waals surface area contributed by atoms with Gasteiger partial charge in [-0.2, -0.15) is 0 Å². The molecule has 0 aromatic heterocycles. The normalized spacial score (nSPS) is 11.0. The highest BCUT2D eigenvalue weighted by molar-refractivity contribution is 5.18. The number of nitrogens with zero attached hydrogens (tertiary/aromatic N) is 1. The fraction of sp³-hybridized carbons (Fsp3) is 0.526. The van der Waals surface area contributed by atoms with Gasteiger partial charge in [-0.25, -0.2) is 0 Å². The molecule has 2 nitrogen and oxygen atoms in total. The Morgan fingerprint density at radius 1 is 1.24 bits per heavy atom. The van der Waals surface area contributed by atoms with Gasteiger partial charge in [0.1, 0.15) is 12.4 Å². The van der Waals surface area contributed by atoms with E-state index in [1.807, 2.05) is 37.3 Å². The highest BCUT2D eigenvalue weighted by Crippen LogP contribution is 2.12. The number of allylic oxidation sites excluding steroid dienone is 5.